The van der Waals surface area contributed by atoms with Crippen LogP contribution in [-0.2, 0) is 16.2 Å². The highest BCUT2D eigenvalue weighted by Gasteiger charge is 2.33. The molecule has 0 aromatic heterocycles. The highest BCUT2D eigenvalue weighted by atomic mass is 35.5. The lowest BCUT2D eigenvalue weighted by Gasteiger charge is -2.25. The van der Waals surface area contributed by atoms with E-state index in [0.29, 0.717) is 11.6 Å². The minimum Gasteiger partial charge on any atom is -0.481 e. The molecule has 0 fully saturated rings. The summed E-state index contributed by atoms with van der Waals surface area (Å²) >= 11 is 6.01. The second-order valence-corrected chi connectivity index (χ2v) is 9.37. The molecule has 10 heteroatoms. The Bertz CT molecular complexity index is 1230. The van der Waals surface area contributed by atoms with E-state index in [0.717, 1.165) is 22.5 Å². The third-order valence-electron chi connectivity index (χ3n) is 4.88. The topological polar surface area (TPSA) is 46.6 Å². The van der Waals surface area contributed by atoms with Crippen molar-refractivity contribution in [3.05, 3.63) is 88.7 Å². The molecule has 1 unspecified atom stereocenters. The van der Waals surface area contributed by atoms with E-state index in [2.05, 4.69) is 0 Å². The van der Waals surface area contributed by atoms with Crippen LogP contribution in [-0.4, -0.2) is 15.0 Å². The summed E-state index contributed by atoms with van der Waals surface area (Å²) < 4.78 is 86.3. The van der Waals surface area contributed by atoms with E-state index in [1.165, 1.54) is 30.3 Å². The number of alkyl halides is 3. The fourth-order valence-corrected chi connectivity index (χ4v) is 4.94. The van der Waals surface area contributed by atoms with E-state index < -0.39 is 38.6 Å². The van der Waals surface area contributed by atoms with Gasteiger partial charge in [0, 0.05) is 6.54 Å². The van der Waals surface area contributed by atoms with Gasteiger partial charge in [0.15, 0.2) is 11.6 Å². The lowest BCUT2D eigenvalue weighted by atomic mass is 10.1. The molecule has 3 aromatic rings. The molecule has 4 nitrogen and oxygen atoms in total. The summed E-state index contributed by atoms with van der Waals surface area (Å²) in [7, 11) is -4.29. The first-order chi connectivity index (χ1) is 15.4. The first-order valence-electron chi connectivity index (χ1n) is 9.85. The lowest BCUT2D eigenvalue weighted by molar-refractivity contribution is -0.137. The lowest BCUT2D eigenvalue weighted by Crippen LogP contribution is -2.31. The molecule has 0 saturated heterocycles. The number of ether oxygens (including phenoxy) is 1. The van der Waals surface area contributed by atoms with Crippen molar-refractivity contribution in [3.63, 3.8) is 0 Å². The average Bonchev–Trinajstić information content (AvgIpc) is 2.76. The molecule has 0 saturated carbocycles. The fraction of sp³-hybridized carbons (Fsp3) is 0.217. The van der Waals surface area contributed by atoms with Gasteiger partial charge in [-0.3, -0.25) is 4.31 Å². The summed E-state index contributed by atoms with van der Waals surface area (Å²) in [6.45, 7) is 3.17. The second-order valence-electron chi connectivity index (χ2n) is 7.10. The molecule has 0 spiro atoms. The molecule has 0 aliphatic carbocycles. The largest absolute Gasteiger partial charge is 0.481 e. The molecule has 176 valence electrons. The number of nitrogens with zero attached hydrogens (tertiary/aromatic N) is 1. The van der Waals surface area contributed by atoms with Gasteiger partial charge in [-0.15, -0.1) is 0 Å². The van der Waals surface area contributed by atoms with Crippen LogP contribution in [0, 0.1) is 5.82 Å². The van der Waals surface area contributed by atoms with Gasteiger partial charge in [0.1, 0.15) is 6.10 Å². The van der Waals surface area contributed by atoms with Gasteiger partial charge in [0.05, 0.1) is 21.2 Å². The van der Waals surface area contributed by atoms with Crippen molar-refractivity contribution in [1.82, 2.24) is 0 Å². The van der Waals surface area contributed by atoms with Gasteiger partial charge in [-0.05, 0) is 61.9 Å². The summed E-state index contributed by atoms with van der Waals surface area (Å²) in [4.78, 5) is -0.480. The van der Waals surface area contributed by atoms with E-state index in [-0.39, 0.29) is 23.0 Å². The van der Waals surface area contributed by atoms with Crippen LogP contribution in [0.5, 0.6) is 5.75 Å². The van der Waals surface area contributed by atoms with E-state index >= 15 is 0 Å². The molecule has 1 atom stereocenters. The number of benzene rings is 3. The van der Waals surface area contributed by atoms with Crippen molar-refractivity contribution < 1.29 is 30.7 Å². The first kappa shape index (κ1) is 24.9. The molecule has 3 aromatic carbocycles. The Morgan fingerprint density at radius 2 is 1.70 bits per heavy atom. The first-order valence-corrected chi connectivity index (χ1v) is 11.7. The Morgan fingerprint density at radius 3 is 2.33 bits per heavy atom. The van der Waals surface area contributed by atoms with Crippen LogP contribution in [0.15, 0.2) is 71.6 Å². The zero-order chi connectivity index (χ0) is 24.4. The molecule has 0 bridgehead atoms. The molecule has 3 rings (SSSR count). The van der Waals surface area contributed by atoms with Crippen LogP contribution >= 0.6 is 11.6 Å². The Morgan fingerprint density at radius 1 is 1.03 bits per heavy atom. The van der Waals surface area contributed by atoms with Gasteiger partial charge in [0.2, 0.25) is 0 Å². The number of anilines is 1. The smallest absolute Gasteiger partial charge is 0.416 e. The average molecular weight is 502 g/mol. The molecular formula is C23H20ClF4NO3S. The standard InChI is InChI=1S/C23H20ClF4NO3S/c1-3-29(33(30,31)19-10-5-8-17(14-19)23(26,27)28)18-9-4-7-16(13-18)15(2)32-22-20(24)11-6-12-21(22)25/h4-15H,3H2,1-2H3. The second kappa shape index (κ2) is 9.61. The quantitative estimate of drug-likeness (QED) is 0.332. The molecule has 0 radical (unpaired) electrons. The van der Waals surface area contributed by atoms with Crippen molar-refractivity contribution in [2.75, 3.05) is 10.8 Å². The minimum absolute atomic E-state index is 0.0313. The van der Waals surface area contributed by atoms with Crippen molar-refractivity contribution in [2.45, 2.75) is 31.0 Å². The number of sulfonamides is 1. The van der Waals surface area contributed by atoms with Gasteiger partial charge in [-0.25, -0.2) is 12.8 Å². The van der Waals surface area contributed by atoms with E-state index in [4.69, 9.17) is 16.3 Å². The molecule has 0 N–H and O–H groups in total. The number of hydrogen-bond acceptors (Lipinski definition) is 3. The zero-order valence-electron chi connectivity index (χ0n) is 17.6. The van der Waals surface area contributed by atoms with E-state index in [9.17, 15) is 26.0 Å². The predicted molar refractivity (Wildman–Crippen MR) is 119 cm³/mol. The maximum atomic E-state index is 14.1. The van der Waals surface area contributed by atoms with Crippen LogP contribution < -0.4 is 9.04 Å². The third kappa shape index (κ3) is 5.42. The summed E-state index contributed by atoms with van der Waals surface area (Å²) in [6, 6.07) is 14.0. The maximum absolute atomic E-state index is 14.1. The summed E-state index contributed by atoms with van der Waals surface area (Å²) in [5.41, 5.74) is -0.316. The molecular weight excluding hydrogens is 482 g/mol. The fourth-order valence-electron chi connectivity index (χ4n) is 3.22. The Kier molecular flexibility index (Phi) is 7.23. The Hall–Kier alpha value is -2.78. The third-order valence-corrected chi connectivity index (χ3v) is 7.07. The monoisotopic (exact) mass is 501 g/mol. The van der Waals surface area contributed by atoms with Crippen molar-refractivity contribution in [2.24, 2.45) is 0 Å². The summed E-state index contributed by atoms with van der Waals surface area (Å²) in [5, 5.41) is 0.0836. The summed E-state index contributed by atoms with van der Waals surface area (Å²) in [5.74, 6) is -0.784. The minimum atomic E-state index is -4.68. The maximum Gasteiger partial charge on any atom is 0.416 e. The number of halogens is 5. The van der Waals surface area contributed by atoms with E-state index in [1.54, 1.807) is 26.0 Å². The summed E-state index contributed by atoms with van der Waals surface area (Å²) in [6.07, 6.45) is -5.38. The Balaban J connectivity index is 1.95. The zero-order valence-corrected chi connectivity index (χ0v) is 19.2. The molecule has 0 aliphatic rings. The Labute approximate surface area is 194 Å². The van der Waals surface area contributed by atoms with Gasteiger partial charge >= 0.3 is 6.18 Å². The number of rotatable bonds is 7. The van der Waals surface area contributed by atoms with Crippen LogP contribution in [0.1, 0.15) is 31.1 Å². The van der Waals surface area contributed by atoms with Gasteiger partial charge in [-0.1, -0.05) is 35.9 Å². The van der Waals surface area contributed by atoms with Crippen molar-refractivity contribution in [3.8, 4) is 5.75 Å². The molecule has 0 amide bonds. The highest BCUT2D eigenvalue weighted by molar-refractivity contribution is 7.92. The SMILES string of the molecule is CCN(c1cccc(C(C)Oc2c(F)cccc2Cl)c1)S(=O)(=O)c1cccc(C(F)(F)F)c1. The van der Waals surface area contributed by atoms with Gasteiger partial charge < -0.3 is 4.74 Å². The van der Waals surface area contributed by atoms with Crippen LogP contribution in [0.25, 0.3) is 0 Å². The van der Waals surface area contributed by atoms with Crippen LogP contribution in [0.4, 0.5) is 23.2 Å². The highest BCUT2D eigenvalue weighted by Crippen LogP contribution is 2.34. The van der Waals surface area contributed by atoms with Gasteiger partial charge in [-0.2, -0.15) is 13.2 Å². The number of para-hydroxylation sites is 1. The van der Waals surface area contributed by atoms with Crippen molar-refractivity contribution in [1.29, 1.82) is 0 Å². The van der Waals surface area contributed by atoms with E-state index in [1.807, 2.05) is 0 Å². The van der Waals surface area contributed by atoms with Gasteiger partial charge in [0.25, 0.3) is 10.0 Å². The van der Waals surface area contributed by atoms with Crippen LogP contribution in [0.2, 0.25) is 5.02 Å². The molecule has 33 heavy (non-hydrogen) atoms. The molecule has 0 heterocycles. The number of hydrogen-bond donors (Lipinski definition) is 0. The van der Waals surface area contributed by atoms with Crippen LogP contribution in [0.3, 0.4) is 0 Å². The predicted octanol–water partition coefficient (Wildman–Crippen LogP) is 6.85. The normalized spacial score (nSPS) is 12.9. The molecule has 0 aliphatic heterocycles. The van der Waals surface area contributed by atoms with Crippen molar-refractivity contribution >= 4 is 27.3 Å².